The van der Waals surface area contributed by atoms with E-state index in [9.17, 15) is 4.39 Å². The minimum absolute atomic E-state index is 0.191. The standard InChI is InChI=1S/C13H15FN2OS/c14-10-2-1-3-11-12(10)18-13(16-11)15-8-9-4-6-17-7-5-9/h1-3,9H,4-8H2,(H,15,16). The lowest BCUT2D eigenvalue weighted by Crippen LogP contribution is -2.22. The van der Waals surface area contributed by atoms with E-state index < -0.39 is 0 Å². The molecule has 0 unspecified atom stereocenters. The van der Waals surface area contributed by atoms with Gasteiger partial charge in [0.15, 0.2) is 5.13 Å². The minimum Gasteiger partial charge on any atom is -0.381 e. The van der Waals surface area contributed by atoms with Crippen molar-refractivity contribution in [3.63, 3.8) is 0 Å². The Morgan fingerprint density at radius 3 is 3.00 bits per heavy atom. The first-order valence-electron chi connectivity index (χ1n) is 6.19. The predicted octanol–water partition coefficient (Wildman–Crippen LogP) is 3.27. The fourth-order valence-corrected chi connectivity index (χ4v) is 3.05. The third-order valence-electron chi connectivity index (χ3n) is 3.25. The normalized spacial score (nSPS) is 17.2. The molecule has 0 spiro atoms. The van der Waals surface area contributed by atoms with E-state index in [0.717, 1.165) is 43.2 Å². The number of aromatic nitrogens is 1. The molecule has 1 fully saturated rings. The first kappa shape index (κ1) is 11.9. The van der Waals surface area contributed by atoms with Gasteiger partial charge in [-0.05, 0) is 30.9 Å². The fourth-order valence-electron chi connectivity index (χ4n) is 2.17. The molecule has 0 amide bonds. The SMILES string of the molecule is Fc1cccc2nc(NCC3CCOCC3)sc12. The van der Waals surface area contributed by atoms with Gasteiger partial charge < -0.3 is 10.1 Å². The van der Waals surface area contributed by atoms with E-state index in [1.54, 1.807) is 6.07 Å². The van der Waals surface area contributed by atoms with Crippen molar-refractivity contribution < 1.29 is 9.13 Å². The Bertz CT molecular complexity index is 537. The maximum absolute atomic E-state index is 13.5. The molecule has 0 saturated carbocycles. The van der Waals surface area contributed by atoms with E-state index in [1.165, 1.54) is 17.4 Å². The molecule has 1 aliphatic rings. The van der Waals surface area contributed by atoms with Crippen LogP contribution in [-0.4, -0.2) is 24.7 Å². The van der Waals surface area contributed by atoms with Crippen molar-refractivity contribution in [2.24, 2.45) is 5.92 Å². The van der Waals surface area contributed by atoms with Gasteiger partial charge >= 0.3 is 0 Å². The first-order valence-corrected chi connectivity index (χ1v) is 7.01. The summed E-state index contributed by atoms with van der Waals surface area (Å²) >= 11 is 1.38. The minimum atomic E-state index is -0.191. The molecule has 1 saturated heterocycles. The van der Waals surface area contributed by atoms with E-state index >= 15 is 0 Å². The highest BCUT2D eigenvalue weighted by atomic mass is 32.1. The summed E-state index contributed by atoms with van der Waals surface area (Å²) in [7, 11) is 0. The van der Waals surface area contributed by atoms with Crippen LogP contribution in [0.15, 0.2) is 18.2 Å². The molecule has 1 N–H and O–H groups in total. The lowest BCUT2D eigenvalue weighted by molar-refractivity contribution is 0.0699. The van der Waals surface area contributed by atoms with E-state index in [1.807, 2.05) is 6.07 Å². The number of thiazole rings is 1. The highest BCUT2D eigenvalue weighted by Crippen LogP contribution is 2.28. The van der Waals surface area contributed by atoms with E-state index in [2.05, 4.69) is 10.3 Å². The molecule has 18 heavy (non-hydrogen) atoms. The van der Waals surface area contributed by atoms with Gasteiger partial charge in [-0.2, -0.15) is 0 Å². The largest absolute Gasteiger partial charge is 0.381 e. The molecule has 0 atom stereocenters. The Labute approximate surface area is 109 Å². The maximum atomic E-state index is 13.5. The molecular weight excluding hydrogens is 251 g/mol. The fraction of sp³-hybridized carbons (Fsp3) is 0.462. The number of hydrogen-bond donors (Lipinski definition) is 1. The molecule has 0 bridgehead atoms. The van der Waals surface area contributed by atoms with Crippen molar-refractivity contribution in [2.45, 2.75) is 12.8 Å². The number of halogens is 1. The summed E-state index contributed by atoms with van der Waals surface area (Å²) in [6.45, 7) is 2.59. The van der Waals surface area contributed by atoms with Crippen LogP contribution < -0.4 is 5.32 Å². The Balaban J connectivity index is 1.69. The highest BCUT2D eigenvalue weighted by Gasteiger charge is 2.14. The number of ether oxygens (including phenoxy) is 1. The van der Waals surface area contributed by atoms with Gasteiger partial charge in [-0.1, -0.05) is 17.4 Å². The molecule has 2 heterocycles. The Hall–Kier alpha value is -1.20. The topological polar surface area (TPSA) is 34.2 Å². The predicted molar refractivity (Wildman–Crippen MR) is 71.6 cm³/mol. The van der Waals surface area contributed by atoms with Gasteiger partial charge in [0.05, 0.1) is 10.2 Å². The van der Waals surface area contributed by atoms with Crippen LogP contribution in [0.25, 0.3) is 10.2 Å². The van der Waals surface area contributed by atoms with Crippen LogP contribution >= 0.6 is 11.3 Å². The number of hydrogen-bond acceptors (Lipinski definition) is 4. The van der Waals surface area contributed by atoms with Crippen LogP contribution in [-0.2, 0) is 4.74 Å². The van der Waals surface area contributed by atoms with Crippen molar-refractivity contribution in [1.29, 1.82) is 0 Å². The summed E-state index contributed by atoms with van der Waals surface area (Å²) in [4.78, 5) is 4.39. The van der Waals surface area contributed by atoms with Crippen LogP contribution in [0.5, 0.6) is 0 Å². The third kappa shape index (κ3) is 2.47. The van der Waals surface area contributed by atoms with E-state index in [4.69, 9.17) is 4.74 Å². The van der Waals surface area contributed by atoms with Gasteiger partial charge in [0.2, 0.25) is 0 Å². The molecular formula is C13H15FN2OS. The summed E-state index contributed by atoms with van der Waals surface area (Å²) in [5.41, 5.74) is 0.731. The number of benzene rings is 1. The van der Waals surface area contributed by atoms with Crippen LogP contribution in [0.2, 0.25) is 0 Å². The molecule has 1 aliphatic heterocycles. The second-order valence-corrected chi connectivity index (χ2v) is 5.54. The molecule has 96 valence electrons. The third-order valence-corrected chi connectivity index (χ3v) is 4.29. The number of nitrogens with one attached hydrogen (secondary N) is 1. The monoisotopic (exact) mass is 266 g/mol. The zero-order valence-corrected chi connectivity index (χ0v) is 10.8. The Kier molecular flexibility index (Phi) is 3.43. The molecule has 1 aromatic carbocycles. The van der Waals surface area contributed by atoms with Crippen molar-refractivity contribution in [3.05, 3.63) is 24.0 Å². The van der Waals surface area contributed by atoms with Crippen molar-refractivity contribution in [3.8, 4) is 0 Å². The smallest absolute Gasteiger partial charge is 0.183 e. The highest BCUT2D eigenvalue weighted by molar-refractivity contribution is 7.22. The molecule has 2 aromatic rings. The molecule has 3 nitrogen and oxygen atoms in total. The summed E-state index contributed by atoms with van der Waals surface area (Å²) < 4.78 is 19.5. The van der Waals surface area contributed by atoms with Crippen LogP contribution in [0.4, 0.5) is 9.52 Å². The molecule has 3 rings (SSSR count). The van der Waals surface area contributed by atoms with Crippen LogP contribution in [0.3, 0.4) is 0 Å². The number of anilines is 1. The average Bonchev–Trinajstić information content (AvgIpc) is 2.82. The summed E-state index contributed by atoms with van der Waals surface area (Å²) in [6.07, 6.45) is 2.18. The molecule has 1 aromatic heterocycles. The van der Waals surface area contributed by atoms with Gasteiger partial charge in [-0.25, -0.2) is 9.37 Å². The summed E-state index contributed by atoms with van der Waals surface area (Å²) in [5.74, 6) is 0.444. The quantitative estimate of drug-likeness (QED) is 0.925. The number of fused-ring (bicyclic) bond motifs is 1. The zero-order valence-electron chi connectivity index (χ0n) is 9.99. The van der Waals surface area contributed by atoms with Crippen molar-refractivity contribution >= 4 is 26.7 Å². The molecule has 0 aliphatic carbocycles. The maximum Gasteiger partial charge on any atom is 0.183 e. The van der Waals surface area contributed by atoms with Gasteiger partial charge in [0.1, 0.15) is 5.82 Å². The lowest BCUT2D eigenvalue weighted by Gasteiger charge is -2.21. The van der Waals surface area contributed by atoms with Gasteiger partial charge in [0.25, 0.3) is 0 Å². The second-order valence-electron chi connectivity index (χ2n) is 4.54. The average molecular weight is 266 g/mol. The number of nitrogens with zero attached hydrogens (tertiary/aromatic N) is 1. The zero-order chi connectivity index (χ0) is 12.4. The van der Waals surface area contributed by atoms with Crippen molar-refractivity contribution in [2.75, 3.05) is 25.1 Å². The summed E-state index contributed by atoms with van der Waals surface area (Å²) in [5, 5.41) is 4.12. The van der Waals surface area contributed by atoms with Crippen LogP contribution in [0.1, 0.15) is 12.8 Å². The Morgan fingerprint density at radius 2 is 2.22 bits per heavy atom. The van der Waals surface area contributed by atoms with E-state index in [0.29, 0.717) is 10.6 Å². The van der Waals surface area contributed by atoms with E-state index in [-0.39, 0.29) is 5.82 Å². The molecule has 0 radical (unpaired) electrons. The Morgan fingerprint density at radius 1 is 1.39 bits per heavy atom. The van der Waals surface area contributed by atoms with Gasteiger partial charge in [-0.3, -0.25) is 0 Å². The van der Waals surface area contributed by atoms with Crippen molar-refractivity contribution in [1.82, 2.24) is 4.98 Å². The second kappa shape index (κ2) is 5.20. The first-order chi connectivity index (χ1) is 8.83. The summed E-state index contributed by atoms with van der Waals surface area (Å²) in [6, 6.07) is 5.01. The van der Waals surface area contributed by atoms with Crippen LogP contribution in [0, 0.1) is 11.7 Å². The van der Waals surface area contributed by atoms with Gasteiger partial charge in [-0.15, -0.1) is 0 Å². The number of rotatable bonds is 3. The lowest BCUT2D eigenvalue weighted by atomic mass is 10.0. The molecule has 5 heteroatoms. The van der Waals surface area contributed by atoms with Gasteiger partial charge in [0, 0.05) is 19.8 Å².